The van der Waals surface area contributed by atoms with Gasteiger partial charge in [-0.25, -0.2) is 4.98 Å². The van der Waals surface area contributed by atoms with Gasteiger partial charge in [-0.1, -0.05) is 17.4 Å². The van der Waals surface area contributed by atoms with Crippen LogP contribution >= 0.6 is 23.1 Å². The van der Waals surface area contributed by atoms with Crippen LogP contribution in [0, 0.1) is 6.92 Å². The molecule has 0 amide bonds. The molecule has 0 aliphatic rings. The van der Waals surface area contributed by atoms with Crippen molar-refractivity contribution in [2.75, 3.05) is 11.6 Å². The molecule has 0 spiro atoms. The molecule has 0 bridgehead atoms. The Kier molecular flexibility index (Phi) is 3.44. The van der Waals surface area contributed by atoms with Crippen molar-refractivity contribution in [2.24, 2.45) is 0 Å². The fraction of sp³-hybridized carbons (Fsp3) is 0.133. The maximum absolute atomic E-state index is 4.59. The van der Waals surface area contributed by atoms with Crippen LogP contribution in [0.15, 0.2) is 47.4 Å². The third kappa shape index (κ3) is 2.74. The average Bonchev–Trinajstić information content (AvgIpc) is 2.81. The lowest BCUT2D eigenvalue weighted by molar-refractivity contribution is 1.41. The van der Waals surface area contributed by atoms with Crippen molar-refractivity contribution < 1.29 is 0 Å². The Hall–Kier alpha value is -1.52. The summed E-state index contributed by atoms with van der Waals surface area (Å²) in [6.07, 6.45) is 2.08. The fourth-order valence-electron chi connectivity index (χ4n) is 1.88. The summed E-state index contributed by atoms with van der Waals surface area (Å²) in [6, 6.07) is 14.7. The van der Waals surface area contributed by atoms with Crippen LogP contribution in [-0.4, -0.2) is 11.2 Å². The number of thiazole rings is 1. The summed E-state index contributed by atoms with van der Waals surface area (Å²) in [4.78, 5) is 5.86. The first-order valence-electron chi connectivity index (χ1n) is 6.03. The van der Waals surface area contributed by atoms with Crippen LogP contribution in [0.25, 0.3) is 10.2 Å². The number of nitrogens with one attached hydrogen (secondary N) is 1. The highest BCUT2D eigenvalue weighted by Crippen LogP contribution is 2.29. The Balaban J connectivity index is 1.87. The second-order valence-electron chi connectivity index (χ2n) is 4.34. The fourth-order valence-corrected chi connectivity index (χ4v) is 3.28. The van der Waals surface area contributed by atoms with Gasteiger partial charge < -0.3 is 5.32 Å². The molecule has 19 heavy (non-hydrogen) atoms. The first-order valence-corrected chi connectivity index (χ1v) is 8.07. The summed E-state index contributed by atoms with van der Waals surface area (Å²) in [7, 11) is 0. The van der Waals surface area contributed by atoms with Crippen molar-refractivity contribution in [2.45, 2.75) is 11.8 Å². The van der Waals surface area contributed by atoms with Gasteiger partial charge in [0.15, 0.2) is 5.13 Å². The summed E-state index contributed by atoms with van der Waals surface area (Å²) in [6.45, 7) is 2.10. The zero-order valence-corrected chi connectivity index (χ0v) is 12.4. The lowest BCUT2D eigenvalue weighted by Crippen LogP contribution is -1.88. The Bertz CT molecular complexity index is 702. The summed E-state index contributed by atoms with van der Waals surface area (Å²) in [5, 5.41) is 4.30. The predicted octanol–water partition coefficient (Wildman–Crippen LogP) is 5.07. The van der Waals surface area contributed by atoms with E-state index in [-0.39, 0.29) is 0 Å². The molecule has 1 heterocycles. The van der Waals surface area contributed by atoms with Gasteiger partial charge >= 0.3 is 0 Å². The molecule has 0 aliphatic carbocycles. The van der Waals surface area contributed by atoms with Crippen LogP contribution in [-0.2, 0) is 0 Å². The van der Waals surface area contributed by atoms with E-state index >= 15 is 0 Å². The third-order valence-electron chi connectivity index (χ3n) is 2.89. The molecular weight excluding hydrogens is 272 g/mol. The number of hydrogen-bond acceptors (Lipinski definition) is 4. The smallest absolute Gasteiger partial charge is 0.188 e. The predicted molar refractivity (Wildman–Crippen MR) is 85.9 cm³/mol. The number of anilines is 2. The number of aryl methyl sites for hydroxylation is 1. The maximum Gasteiger partial charge on any atom is 0.188 e. The highest BCUT2D eigenvalue weighted by molar-refractivity contribution is 7.98. The van der Waals surface area contributed by atoms with Gasteiger partial charge in [-0.15, -0.1) is 11.8 Å². The minimum Gasteiger partial charge on any atom is -0.332 e. The molecule has 0 unspecified atom stereocenters. The van der Waals surface area contributed by atoms with Crippen LogP contribution in [0.1, 0.15) is 5.56 Å². The number of rotatable bonds is 3. The standard InChI is InChI=1S/C15H14N2S2/c1-10-3-8-13-14(9-10)19-15(17-13)16-11-4-6-12(18-2)7-5-11/h3-9H,1-2H3,(H,16,17). The Morgan fingerprint density at radius 3 is 2.63 bits per heavy atom. The van der Waals surface area contributed by atoms with E-state index in [1.54, 1.807) is 23.1 Å². The lowest BCUT2D eigenvalue weighted by atomic mass is 10.2. The van der Waals surface area contributed by atoms with Crippen LogP contribution < -0.4 is 5.32 Å². The molecule has 4 heteroatoms. The van der Waals surface area contributed by atoms with E-state index in [0.29, 0.717) is 0 Å². The quantitative estimate of drug-likeness (QED) is 0.680. The largest absolute Gasteiger partial charge is 0.332 e. The van der Waals surface area contributed by atoms with Gasteiger partial charge in [0.1, 0.15) is 0 Å². The summed E-state index contributed by atoms with van der Waals surface area (Å²) < 4.78 is 1.23. The number of thioether (sulfide) groups is 1. The van der Waals surface area contributed by atoms with Crippen molar-refractivity contribution in [1.82, 2.24) is 4.98 Å². The normalized spacial score (nSPS) is 10.8. The Labute approximate surface area is 120 Å². The molecule has 3 aromatic rings. The summed E-state index contributed by atoms with van der Waals surface area (Å²) in [5.74, 6) is 0. The van der Waals surface area contributed by atoms with Gasteiger partial charge in [-0.05, 0) is 55.1 Å². The van der Waals surface area contributed by atoms with E-state index in [4.69, 9.17) is 0 Å². The number of nitrogens with zero attached hydrogens (tertiary/aromatic N) is 1. The van der Waals surface area contributed by atoms with E-state index in [9.17, 15) is 0 Å². The van der Waals surface area contributed by atoms with Crippen molar-refractivity contribution in [3.8, 4) is 0 Å². The van der Waals surface area contributed by atoms with Crippen LogP contribution in [0.2, 0.25) is 0 Å². The molecule has 1 aromatic heterocycles. The van der Waals surface area contributed by atoms with Crippen molar-refractivity contribution in [1.29, 1.82) is 0 Å². The topological polar surface area (TPSA) is 24.9 Å². The first-order chi connectivity index (χ1) is 9.24. The van der Waals surface area contributed by atoms with Crippen molar-refractivity contribution in [3.05, 3.63) is 48.0 Å². The van der Waals surface area contributed by atoms with Crippen LogP contribution in [0.3, 0.4) is 0 Å². The van der Waals surface area contributed by atoms with Gasteiger partial charge in [0.2, 0.25) is 0 Å². The number of benzene rings is 2. The van der Waals surface area contributed by atoms with Gasteiger partial charge in [-0.2, -0.15) is 0 Å². The lowest BCUT2D eigenvalue weighted by Gasteiger charge is -2.02. The molecular formula is C15H14N2S2. The second-order valence-corrected chi connectivity index (χ2v) is 6.25. The highest BCUT2D eigenvalue weighted by Gasteiger charge is 2.04. The maximum atomic E-state index is 4.59. The van der Waals surface area contributed by atoms with Crippen molar-refractivity contribution in [3.63, 3.8) is 0 Å². The second kappa shape index (κ2) is 5.23. The number of fused-ring (bicyclic) bond motifs is 1. The van der Waals surface area contributed by atoms with E-state index in [1.807, 2.05) is 0 Å². The zero-order chi connectivity index (χ0) is 13.2. The number of hydrogen-bond donors (Lipinski definition) is 1. The van der Waals surface area contributed by atoms with Gasteiger partial charge in [0, 0.05) is 10.6 Å². The van der Waals surface area contributed by atoms with Gasteiger partial charge in [0.05, 0.1) is 10.2 Å². The van der Waals surface area contributed by atoms with Crippen molar-refractivity contribution >= 4 is 44.1 Å². The van der Waals surface area contributed by atoms with E-state index in [0.717, 1.165) is 16.3 Å². The molecule has 1 N–H and O–H groups in total. The molecule has 2 aromatic carbocycles. The van der Waals surface area contributed by atoms with Crippen LogP contribution in [0.5, 0.6) is 0 Å². The first kappa shape index (κ1) is 12.5. The third-order valence-corrected chi connectivity index (χ3v) is 4.56. The van der Waals surface area contributed by atoms with Gasteiger partial charge in [-0.3, -0.25) is 0 Å². The Morgan fingerprint density at radius 1 is 1.11 bits per heavy atom. The van der Waals surface area contributed by atoms with Crippen LogP contribution in [0.4, 0.5) is 10.8 Å². The van der Waals surface area contributed by atoms with Gasteiger partial charge in [0.25, 0.3) is 0 Å². The summed E-state index contributed by atoms with van der Waals surface area (Å²) in [5.41, 5.74) is 3.40. The summed E-state index contributed by atoms with van der Waals surface area (Å²) >= 11 is 3.44. The molecule has 0 radical (unpaired) electrons. The van der Waals surface area contributed by atoms with E-state index in [1.165, 1.54) is 15.2 Å². The molecule has 96 valence electrons. The molecule has 2 nitrogen and oxygen atoms in total. The molecule has 0 atom stereocenters. The molecule has 0 saturated heterocycles. The molecule has 0 fully saturated rings. The highest BCUT2D eigenvalue weighted by atomic mass is 32.2. The molecule has 0 aliphatic heterocycles. The Morgan fingerprint density at radius 2 is 1.89 bits per heavy atom. The molecule has 3 rings (SSSR count). The minimum atomic E-state index is 0.942. The average molecular weight is 286 g/mol. The SMILES string of the molecule is CSc1ccc(Nc2nc3ccc(C)cc3s2)cc1. The zero-order valence-electron chi connectivity index (χ0n) is 10.8. The van der Waals surface area contributed by atoms with E-state index in [2.05, 4.69) is 65.9 Å². The minimum absolute atomic E-state index is 0.942. The number of aromatic nitrogens is 1. The monoisotopic (exact) mass is 286 g/mol. The van der Waals surface area contributed by atoms with E-state index < -0.39 is 0 Å². The molecule has 0 saturated carbocycles.